The molecule has 2 N–H and O–H groups in total. The Bertz CT molecular complexity index is 576. The normalized spacial score (nSPS) is 13.7. The highest BCUT2D eigenvalue weighted by atomic mass is 15.0. The molecule has 3 heteroatoms. The second kappa shape index (κ2) is 3.84. The van der Waals surface area contributed by atoms with Gasteiger partial charge in [0.2, 0.25) is 0 Å². The summed E-state index contributed by atoms with van der Waals surface area (Å²) in [7, 11) is 0. The molecule has 86 valence electrons. The highest BCUT2D eigenvalue weighted by Crippen LogP contribution is 2.27. The molecule has 1 aliphatic carbocycles. The first-order valence-electron chi connectivity index (χ1n) is 5.96. The van der Waals surface area contributed by atoms with E-state index in [0.29, 0.717) is 5.82 Å². The van der Waals surface area contributed by atoms with Crippen molar-refractivity contribution in [3.05, 3.63) is 41.1 Å². The third-order valence-corrected chi connectivity index (χ3v) is 3.24. The van der Waals surface area contributed by atoms with Gasteiger partial charge in [0.15, 0.2) is 5.82 Å². The lowest BCUT2D eigenvalue weighted by Crippen LogP contribution is -2.02. The van der Waals surface area contributed by atoms with Crippen LogP contribution in [0.25, 0.3) is 11.4 Å². The zero-order valence-corrected chi connectivity index (χ0v) is 9.90. The Labute approximate surface area is 101 Å². The minimum Gasteiger partial charge on any atom is -0.383 e. The number of nitrogens with two attached hydrogens (primary N) is 1. The van der Waals surface area contributed by atoms with E-state index in [2.05, 4.69) is 29.0 Å². The Morgan fingerprint density at radius 3 is 2.88 bits per heavy atom. The quantitative estimate of drug-likeness (QED) is 0.811. The standard InChI is InChI=1S/C14H15N3/c1-9-4-2-5-10(8-9)14-16-12-7-3-6-11(12)13(15)17-14/h2,4-5,8H,3,6-7H2,1H3,(H2,15,16,17). The molecule has 0 radical (unpaired) electrons. The highest BCUT2D eigenvalue weighted by molar-refractivity contribution is 5.60. The van der Waals surface area contributed by atoms with Gasteiger partial charge in [0.25, 0.3) is 0 Å². The second-order valence-corrected chi connectivity index (χ2v) is 4.58. The molecular formula is C14H15N3. The summed E-state index contributed by atoms with van der Waals surface area (Å²) in [6.07, 6.45) is 3.20. The number of nitrogens with zero attached hydrogens (tertiary/aromatic N) is 2. The van der Waals surface area contributed by atoms with Gasteiger partial charge in [-0.25, -0.2) is 9.97 Å². The summed E-state index contributed by atoms with van der Waals surface area (Å²) < 4.78 is 0. The molecule has 0 bridgehead atoms. The molecule has 0 atom stereocenters. The lowest BCUT2D eigenvalue weighted by atomic mass is 10.1. The molecule has 0 fully saturated rings. The molecule has 0 saturated heterocycles. The number of nitrogen functional groups attached to an aromatic ring is 1. The van der Waals surface area contributed by atoms with Crippen LogP contribution in [0.2, 0.25) is 0 Å². The van der Waals surface area contributed by atoms with E-state index in [4.69, 9.17) is 5.73 Å². The van der Waals surface area contributed by atoms with Gasteiger partial charge in [0, 0.05) is 16.8 Å². The Morgan fingerprint density at radius 2 is 2.06 bits per heavy atom. The van der Waals surface area contributed by atoms with E-state index in [1.807, 2.05) is 12.1 Å². The van der Waals surface area contributed by atoms with Gasteiger partial charge in [0.1, 0.15) is 5.82 Å². The van der Waals surface area contributed by atoms with Crippen LogP contribution in [-0.4, -0.2) is 9.97 Å². The predicted octanol–water partition coefficient (Wildman–Crippen LogP) is 2.52. The second-order valence-electron chi connectivity index (χ2n) is 4.58. The first-order chi connectivity index (χ1) is 8.24. The number of hydrogen-bond donors (Lipinski definition) is 1. The Morgan fingerprint density at radius 1 is 1.18 bits per heavy atom. The van der Waals surface area contributed by atoms with Crippen molar-refractivity contribution in [2.45, 2.75) is 26.2 Å². The molecule has 0 spiro atoms. The van der Waals surface area contributed by atoms with Crippen LogP contribution in [0.5, 0.6) is 0 Å². The molecule has 0 unspecified atom stereocenters. The van der Waals surface area contributed by atoms with Crippen molar-refractivity contribution >= 4 is 5.82 Å². The summed E-state index contributed by atoms with van der Waals surface area (Å²) in [5.41, 5.74) is 10.5. The third-order valence-electron chi connectivity index (χ3n) is 3.24. The van der Waals surface area contributed by atoms with E-state index in [-0.39, 0.29) is 0 Å². The number of aromatic nitrogens is 2. The van der Waals surface area contributed by atoms with Crippen molar-refractivity contribution in [3.63, 3.8) is 0 Å². The van der Waals surface area contributed by atoms with Gasteiger partial charge in [0.05, 0.1) is 0 Å². The molecule has 1 aliphatic rings. The summed E-state index contributed by atoms with van der Waals surface area (Å²) in [6, 6.07) is 8.22. The van der Waals surface area contributed by atoms with Gasteiger partial charge in [-0.2, -0.15) is 0 Å². The maximum atomic E-state index is 6.00. The minimum atomic E-state index is 0.656. The van der Waals surface area contributed by atoms with Crippen LogP contribution in [0.15, 0.2) is 24.3 Å². The lowest BCUT2D eigenvalue weighted by molar-refractivity contribution is 0.900. The van der Waals surface area contributed by atoms with E-state index >= 15 is 0 Å². The number of benzene rings is 1. The molecule has 0 aliphatic heterocycles. The zero-order chi connectivity index (χ0) is 11.8. The van der Waals surface area contributed by atoms with E-state index in [1.165, 1.54) is 5.56 Å². The number of fused-ring (bicyclic) bond motifs is 1. The Kier molecular flexibility index (Phi) is 2.32. The average Bonchev–Trinajstić information content (AvgIpc) is 2.77. The predicted molar refractivity (Wildman–Crippen MR) is 68.6 cm³/mol. The molecule has 1 aromatic heterocycles. The molecule has 17 heavy (non-hydrogen) atoms. The first kappa shape index (κ1) is 10.3. The van der Waals surface area contributed by atoms with Crippen LogP contribution < -0.4 is 5.73 Å². The maximum absolute atomic E-state index is 6.00. The van der Waals surface area contributed by atoms with Crippen molar-refractivity contribution in [1.29, 1.82) is 0 Å². The van der Waals surface area contributed by atoms with Gasteiger partial charge in [-0.15, -0.1) is 0 Å². The number of rotatable bonds is 1. The van der Waals surface area contributed by atoms with Crippen molar-refractivity contribution in [2.75, 3.05) is 5.73 Å². The molecule has 2 aromatic rings. The lowest BCUT2D eigenvalue weighted by Gasteiger charge is -2.07. The van der Waals surface area contributed by atoms with Gasteiger partial charge in [-0.3, -0.25) is 0 Å². The minimum absolute atomic E-state index is 0.656. The molecule has 1 heterocycles. The van der Waals surface area contributed by atoms with Crippen molar-refractivity contribution in [1.82, 2.24) is 9.97 Å². The summed E-state index contributed by atoms with van der Waals surface area (Å²) in [4.78, 5) is 9.06. The van der Waals surface area contributed by atoms with Crippen molar-refractivity contribution in [2.24, 2.45) is 0 Å². The summed E-state index contributed by atoms with van der Waals surface area (Å²) in [5.74, 6) is 1.41. The van der Waals surface area contributed by atoms with E-state index in [1.54, 1.807) is 0 Å². The van der Waals surface area contributed by atoms with Gasteiger partial charge in [-0.1, -0.05) is 23.8 Å². The molecule has 0 saturated carbocycles. The third kappa shape index (κ3) is 1.78. The van der Waals surface area contributed by atoms with E-state index in [0.717, 1.165) is 41.9 Å². The van der Waals surface area contributed by atoms with Crippen LogP contribution >= 0.6 is 0 Å². The fourth-order valence-corrected chi connectivity index (χ4v) is 2.37. The monoisotopic (exact) mass is 225 g/mol. The topological polar surface area (TPSA) is 51.8 Å². The number of hydrogen-bond acceptors (Lipinski definition) is 3. The van der Waals surface area contributed by atoms with Crippen LogP contribution in [0.4, 0.5) is 5.82 Å². The maximum Gasteiger partial charge on any atom is 0.161 e. The fourth-order valence-electron chi connectivity index (χ4n) is 2.37. The Balaban J connectivity index is 2.13. The number of anilines is 1. The first-order valence-corrected chi connectivity index (χ1v) is 5.96. The van der Waals surface area contributed by atoms with E-state index < -0.39 is 0 Å². The smallest absolute Gasteiger partial charge is 0.161 e. The SMILES string of the molecule is Cc1cccc(-c2nc(N)c3c(n2)CCC3)c1. The fraction of sp³-hybridized carbons (Fsp3) is 0.286. The summed E-state index contributed by atoms with van der Waals surface area (Å²) >= 11 is 0. The molecule has 1 aromatic carbocycles. The van der Waals surface area contributed by atoms with Crippen molar-refractivity contribution < 1.29 is 0 Å². The van der Waals surface area contributed by atoms with Crippen LogP contribution in [0.3, 0.4) is 0 Å². The van der Waals surface area contributed by atoms with Crippen LogP contribution in [-0.2, 0) is 12.8 Å². The van der Waals surface area contributed by atoms with E-state index in [9.17, 15) is 0 Å². The molecule has 3 rings (SSSR count). The van der Waals surface area contributed by atoms with Gasteiger partial charge < -0.3 is 5.73 Å². The zero-order valence-electron chi connectivity index (χ0n) is 9.90. The molecule has 0 amide bonds. The number of aryl methyl sites for hydroxylation is 2. The molecular weight excluding hydrogens is 210 g/mol. The van der Waals surface area contributed by atoms with Crippen LogP contribution in [0.1, 0.15) is 23.2 Å². The summed E-state index contributed by atoms with van der Waals surface area (Å²) in [5, 5.41) is 0. The van der Waals surface area contributed by atoms with Crippen molar-refractivity contribution in [3.8, 4) is 11.4 Å². The van der Waals surface area contributed by atoms with Gasteiger partial charge in [-0.05, 0) is 32.3 Å². The largest absolute Gasteiger partial charge is 0.383 e. The summed E-state index contributed by atoms with van der Waals surface area (Å²) in [6.45, 7) is 2.07. The van der Waals surface area contributed by atoms with Gasteiger partial charge >= 0.3 is 0 Å². The van der Waals surface area contributed by atoms with Crippen LogP contribution in [0, 0.1) is 6.92 Å². The Hall–Kier alpha value is -1.90. The highest BCUT2D eigenvalue weighted by Gasteiger charge is 2.18. The molecule has 3 nitrogen and oxygen atoms in total. The average molecular weight is 225 g/mol.